The molecule has 2 aromatic rings. The lowest BCUT2D eigenvalue weighted by atomic mass is 10.1. The number of imide groups is 1. The Morgan fingerprint density at radius 2 is 2.03 bits per heavy atom. The Labute approximate surface area is 171 Å². The highest BCUT2D eigenvalue weighted by Crippen LogP contribution is 2.26. The summed E-state index contributed by atoms with van der Waals surface area (Å²) in [5.74, 6) is -1.41. The zero-order valence-electron chi connectivity index (χ0n) is 15.7. The number of amides is 4. The highest BCUT2D eigenvalue weighted by atomic mass is 32.1. The second kappa shape index (κ2) is 9.28. The third kappa shape index (κ3) is 5.17. The molecule has 2 N–H and O–H groups in total. The zero-order valence-corrected chi connectivity index (χ0v) is 16.5. The summed E-state index contributed by atoms with van der Waals surface area (Å²) in [7, 11) is 1.37. The first-order valence-electron chi connectivity index (χ1n) is 8.99. The predicted molar refractivity (Wildman–Crippen MR) is 105 cm³/mol. The zero-order chi connectivity index (χ0) is 20.8. The van der Waals surface area contributed by atoms with Gasteiger partial charge >= 0.3 is 12.0 Å². The fourth-order valence-electron chi connectivity index (χ4n) is 2.81. The lowest BCUT2D eigenvalue weighted by molar-refractivity contribution is -0.155. The minimum atomic E-state index is -1.28. The van der Waals surface area contributed by atoms with Crippen LogP contribution in [0.4, 0.5) is 9.93 Å². The second-order valence-corrected chi connectivity index (χ2v) is 7.13. The molecule has 1 aliphatic heterocycles. The first-order chi connectivity index (χ1) is 14.0. The minimum Gasteiger partial charge on any atom is -0.447 e. The Bertz CT molecular complexity index is 914. The Morgan fingerprint density at radius 1 is 1.28 bits per heavy atom. The molecule has 1 aliphatic rings. The minimum absolute atomic E-state index is 0.0171. The smallest absolute Gasteiger partial charge is 0.321 e. The van der Waals surface area contributed by atoms with Gasteiger partial charge in [0.1, 0.15) is 0 Å². The van der Waals surface area contributed by atoms with Crippen LogP contribution < -0.4 is 15.5 Å². The van der Waals surface area contributed by atoms with Crippen LogP contribution in [-0.4, -0.2) is 42.4 Å². The number of carbonyl (C=O) groups excluding carboxylic acids is 4. The number of hydrogen-bond acceptors (Lipinski definition) is 7. The quantitative estimate of drug-likeness (QED) is 0.690. The molecule has 3 rings (SSSR count). The molecule has 1 fully saturated rings. The van der Waals surface area contributed by atoms with Gasteiger partial charge in [0.25, 0.3) is 5.91 Å². The summed E-state index contributed by atoms with van der Waals surface area (Å²) in [5.41, 5.74) is 0.886. The summed E-state index contributed by atoms with van der Waals surface area (Å²) < 4.78 is 5.36. The first kappa shape index (κ1) is 20.5. The van der Waals surface area contributed by atoms with Crippen LogP contribution in [0.1, 0.15) is 30.2 Å². The van der Waals surface area contributed by atoms with E-state index < -0.39 is 24.0 Å². The largest absolute Gasteiger partial charge is 0.447 e. The molecule has 29 heavy (non-hydrogen) atoms. The molecule has 1 saturated heterocycles. The van der Waals surface area contributed by atoms with Crippen molar-refractivity contribution >= 4 is 40.3 Å². The summed E-state index contributed by atoms with van der Waals surface area (Å²) in [6.45, 7) is 0.617. The molecule has 0 saturated carbocycles. The van der Waals surface area contributed by atoms with Gasteiger partial charge in [-0.25, -0.2) is 9.78 Å². The van der Waals surface area contributed by atoms with Crippen molar-refractivity contribution in [1.82, 2.24) is 15.6 Å². The van der Waals surface area contributed by atoms with Crippen molar-refractivity contribution in [1.29, 1.82) is 0 Å². The fraction of sp³-hybridized carbons (Fsp3) is 0.316. The van der Waals surface area contributed by atoms with E-state index in [0.29, 0.717) is 29.4 Å². The summed E-state index contributed by atoms with van der Waals surface area (Å²) in [5, 5.41) is 6.63. The summed E-state index contributed by atoms with van der Waals surface area (Å²) in [6.07, 6.45) is -0.153. The third-order valence-electron chi connectivity index (χ3n) is 4.22. The van der Waals surface area contributed by atoms with Crippen LogP contribution in [-0.2, 0) is 25.5 Å². The van der Waals surface area contributed by atoms with Gasteiger partial charge in [-0.05, 0) is 6.42 Å². The van der Waals surface area contributed by atoms with Crippen LogP contribution in [0.25, 0.3) is 0 Å². The van der Waals surface area contributed by atoms with Crippen LogP contribution in [0.2, 0.25) is 0 Å². The van der Waals surface area contributed by atoms with Crippen molar-refractivity contribution in [3.8, 4) is 0 Å². The molecule has 1 atom stereocenters. The Morgan fingerprint density at radius 3 is 2.69 bits per heavy atom. The number of benzene rings is 1. The number of anilines is 1. The van der Waals surface area contributed by atoms with Crippen molar-refractivity contribution in [3.05, 3.63) is 47.0 Å². The van der Waals surface area contributed by atoms with E-state index in [4.69, 9.17) is 4.74 Å². The summed E-state index contributed by atoms with van der Waals surface area (Å²) in [4.78, 5) is 54.1. The topological polar surface area (TPSA) is 118 Å². The van der Waals surface area contributed by atoms with Crippen molar-refractivity contribution < 1.29 is 23.9 Å². The number of nitrogens with one attached hydrogen (secondary N) is 2. The van der Waals surface area contributed by atoms with E-state index in [1.54, 1.807) is 40.6 Å². The van der Waals surface area contributed by atoms with Gasteiger partial charge in [-0.1, -0.05) is 30.3 Å². The molecule has 10 heteroatoms. The molecule has 0 radical (unpaired) electrons. The van der Waals surface area contributed by atoms with Gasteiger partial charge < -0.3 is 10.1 Å². The highest BCUT2D eigenvalue weighted by molar-refractivity contribution is 7.14. The van der Waals surface area contributed by atoms with Crippen LogP contribution in [0.5, 0.6) is 0 Å². The molecular formula is C19H20N4O5S. The number of hydrogen-bond donors (Lipinski definition) is 2. The number of urea groups is 1. The van der Waals surface area contributed by atoms with Crippen molar-refractivity contribution in [2.24, 2.45) is 0 Å². The van der Waals surface area contributed by atoms with Crippen LogP contribution in [0.3, 0.4) is 0 Å². The standard InChI is InChI=1S/C19H20N4O5S/c1-20-18(27)22-17(26)16(12-6-3-2-4-7-12)28-15(25)10-13-11-29-19(21-13)23-9-5-8-14(23)24/h2-4,6-7,11,16H,5,8-10H2,1H3,(H2,20,22,26,27). The lowest BCUT2D eigenvalue weighted by Crippen LogP contribution is -2.41. The number of thiazole rings is 1. The van der Waals surface area contributed by atoms with E-state index in [-0.39, 0.29) is 12.3 Å². The molecule has 1 unspecified atom stereocenters. The Kier molecular flexibility index (Phi) is 6.55. The van der Waals surface area contributed by atoms with Gasteiger partial charge in [0.15, 0.2) is 5.13 Å². The van der Waals surface area contributed by atoms with Gasteiger partial charge in [0, 0.05) is 31.0 Å². The number of nitrogens with zero attached hydrogens (tertiary/aromatic N) is 2. The maximum atomic E-state index is 12.4. The molecule has 4 amide bonds. The van der Waals surface area contributed by atoms with Crippen molar-refractivity contribution in [2.75, 3.05) is 18.5 Å². The molecule has 1 aromatic carbocycles. The number of aromatic nitrogens is 1. The monoisotopic (exact) mass is 416 g/mol. The van der Waals surface area contributed by atoms with Crippen LogP contribution in [0.15, 0.2) is 35.7 Å². The van der Waals surface area contributed by atoms with Gasteiger partial charge in [0.2, 0.25) is 12.0 Å². The molecular weight excluding hydrogens is 396 g/mol. The maximum Gasteiger partial charge on any atom is 0.321 e. The van der Waals surface area contributed by atoms with Gasteiger partial charge in [-0.3, -0.25) is 24.6 Å². The maximum absolute atomic E-state index is 12.4. The molecule has 0 bridgehead atoms. The van der Waals surface area contributed by atoms with Crippen molar-refractivity contribution in [3.63, 3.8) is 0 Å². The molecule has 152 valence electrons. The van der Waals surface area contributed by atoms with E-state index in [2.05, 4.69) is 15.6 Å². The highest BCUT2D eigenvalue weighted by Gasteiger charge is 2.28. The van der Waals surface area contributed by atoms with E-state index in [1.165, 1.54) is 18.4 Å². The van der Waals surface area contributed by atoms with Gasteiger partial charge in [-0.15, -0.1) is 11.3 Å². The molecule has 0 spiro atoms. The Balaban J connectivity index is 1.68. The van der Waals surface area contributed by atoms with Gasteiger partial charge in [-0.2, -0.15) is 0 Å². The summed E-state index contributed by atoms with van der Waals surface area (Å²) in [6, 6.07) is 7.70. The van der Waals surface area contributed by atoms with E-state index >= 15 is 0 Å². The average molecular weight is 416 g/mol. The van der Waals surface area contributed by atoms with E-state index in [1.807, 2.05) is 0 Å². The predicted octanol–water partition coefficient (Wildman–Crippen LogP) is 1.55. The molecule has 9 nitrogen and oxygen atoms in total. The Hall–Kier alpha value is -3.27. The first-order valence-corrected chi connectivity index (χ1v) is 9.87. The summed E-state index contributed by atoms with van der Waals surface area (Å²) >= 11 is 1.28. The second-order valence-electron chi connectivity index (χ2n) is 6.30. The number of carbonyl (C=O) groups is 4. The molecule has 1 aromatic heterocycles. The van der Waals surface area contributed by atoms with Crippen LogP contribution >= 0.6 is 11.3 Å². The van der Waals surface area contributed by atoms with Gasteiger partial charge in [0.05, 0.1) is 12.1 Å². The number of ether oxygens (including phenoxy) is 1. The van der Waals surface area contributed by atoms with Crippen LogP contribution in [0, 0.1) is 0 Å². The SMILES string of the molecule is CNC(=O)NC(=O)C(OC(=O)Cc1csc(N2CCCC2=O)n1)c1ccccc1. The van der Waals surface area contributed by atoms with E-state index in [0.717, 1.165) is 6.42 Å². The number of esters is 1. The third-order valence-corrected chi connectivity index (χ3v) is 5.14. The average Bonchev–Trinajstić information content (AvgIpc) is 3.35. The lowest BCUT2D eigenvalue weighted by Gasteiger charge is -2.17. The number of rotatable bonds is 6. The molecule has 2 heterocycles. The fourth-order valence-corrected chi connectivity index (χ4v) is 3.68. The molecule has 0 aliphatic carbocycles. The van der Waals surface area contributed by atoms with Crippen molar-refractivity contribution in [2.45, 2.75) is 25.4 Å². The van der Waals surface area contributed by atoms with E-state index in [9.17, 15) is 19.2 Å². The normalized spacial score (nSPS) is 14.4.